The van der Waals surface area contributed by atoms with E-state index in [0.29, 0.717) is 12.2 Å². The third-order valence-electron chi connectivity index (χ3n) is 3.64. The molecule has 0 aromatic heterocycles. The Morgan fingerprint density at radius 3 is 2.56 bits per heavy atom. The summed E-state index contributed by atoms with van der Waals surface area (Å²) < 4.78 is 13.1. The Morgan fingerprint density at radius 1 is 1.24 bits per heavy atom. The number of amides is 1. The Kier molecular flexibility index (Phi) is 6.23. The fraction of sp³-hybridized carbons (Fsp3) is 0.100. The molecule has 0 atom stereocenters. The number of hydrogen-bond acceptors (Lipinski definition) is 3. The number of hydrogen-bond donors (Lipinski definition) is 2. The molecule has 0 bridgehead atoms. The van der Waals surface area contributed by atoms with Crippen LogP contribution in [-0.2, 0) is 11.3 Å². The van der Waals surface area contributed by atoms with Crippen molar-refractivity contribution in [3.8, 4) is 11.1 Å². The number of allylic oxidation sites excluding steroid dienone is 1. The van der Waals surface area contributed by atoms with Gasteiger partial charge in [-0.15, -0.1) is 0 Å². The molecule has 3 N–H and O–H groups in total. The molecule has 2 aromatic rings. The smallest absolute Gasteiger partial charge is 0.243 e. The first-order valence-electron chi connectivity index (χ1n) is 7.72. The molecule has 0 saturated heterocycles. The van der Waals surface area contributed by atoms with Crippen LogP contribution in [-0.4, -0.2) is 19.2 Å². The minimum absolute atomic E-state index is 0.258. The van der Waals surface area contributed by atoms with Gasteiger partial charge in [-0.25, -0.2) is 4.39 Å². The molecule has 2 rings (SSSR count). The predicted octanol–water partition coefficient (Wildman–Crippen LogP) is 3.30. The lowest BCUT2D eigenvalue weighted by Crippen LogP contribution is -2.21. The van der Waals surface area contributed by atoms with Gasteiger partial charge in [0.15, 0.2) is 0 Å². The summed E-state index contributed by atoms with van der Waals surface area (Å²) in [5, 5.41) is 2.74. The largest absolute Gasteiger partial charge is 0.398 e. The number of nitrogens with two attached hydrogens (primary N) is 1. The summed E-state index contributed by atoms with van der Waals surface area (Å²) >= 11 is 0. The lowest BCUT2D eigenvalue weighted by molar-refractivity contribution is -0.116. The van der Waals surface area contributed by atoms with E-state index in [0.717, 1.165) is 22.3 Å². The molecule has 0 aliphatic heterocycles. The van der Waals surface area contributed by atoms with Gasteiger partial charge in [0, 0.05) is 31.1 Å². The van der Waals surface area contributed by atoms with Crippen LogP contribution in [0.25, 0.3) is 16.8 Å². The molecular formula is C20H20FN3O. The van der Waals surface area contributed by atoms with E-state index in [2.05, 4.69) is 16.9 Å². The highest BCUT2D eigenvalue weighted by molar-refractivity contribution is 5.87. The van der Waals surface area contributed by atoms with Crippen molar-refractivity contribution in [2.24, 2.45) is 10.7 Å². The molecule has 0 spiro atoms. The number of carbonyl (C=O) groups excluding carboxylic acids is 1. The van der Waals surface area contributed by atoms with Gasteiger partial charge in [0.25, 0.3) is 0 Å². The van der Waals surface area contributed by atoms with Gasteiger partial charge in [-0.3, -0.25) is 9.79 Å². The monoisotopic (exact) mass is 337 g/mol. The van der Waals surface area contributed by atoms with Gasteiger partial charge in [0.05, 0.1) is 0 Å². The molecule has 0 saturated carbocycles. The SMILES string of the molecule is C=CC(=O)NCc1ccc(-c2ccc(F)cc2)cc1/C(N)=C/C=NC. The van der Waals surface area contributed by atoms with Crippen molar-refractivity contribution in [1.29, 1.82) is 0 Å². The quantitative estimate of drug-likeness (QED) is 0.627. The van der Waals surface area contributed by atoms with E-state index in [9.17, 15) is 9.18 Å². The van der Waals surface area contributed by atoms with Crippen LogP contribution >= 0.6 is 0 Å². The van der Waals surface area contributed by atoms with Gasteiger partial charge in [0.2, 0.25) is 5.91 Å². The molecule has 0 unspecified atom stereocenters. The minimum atomic E-state index is -0.286. The van der Waals surface area contributed by atoms with E-state index in [1.54, 1.807) is 31.5 Å². The summed E-state index contributed by atoms with van der Waals surface area (Å²) in [6, 6.07) is 12.0. The number of nitrogens with zero attached hydrogens (tertiary/aromatic N) is 1. The van der Waals surface area contributed by atoms with E-state index >= 15 is 0 Å². The van der Waals surface area contributed by atoms with Gasteiger partial charge in [-0.1, -0.05) is 30.8 Å². The average Bonchev–Trinajstić information content (AvgIpc) is 2.64. The maximum atomic E-state index is 13.1. The second-order valence-electron chi connectivity index (χ2n) is 5.33. The van der Waals surface area contributed by atoms with Gasteiger partial charge < -0.3 is 11.1 Å². The van der Waals surface area contributed by atoms with Crippen LogP contribution in [0.15, 0.2) is 66.2 Å². The Balaban J connectivity index is 2.44. The fourth-order valence-electron chi connectivity index (χ4n) is 2.32. The lowest BCUT2D eigenvalue weighted by Gasteiger charge is -2.13. The molecule has 25 heavy (non-hydrogen) atoms. The van der Waals surface area contributed by atoms with Gasteiger partial charge >= 0.3 is 0 Å². The molecule has 2 aromatic carbocycles. The summed E-state index contributed by atoms with van der Waals surface area (Å²) in [7, 11) is 1.66. The normalized spacial score (nSPS) is 11.5. The third-order valence-corrected chi connectivity index (χ3v) is 3.64. The van der Waals surface area contributed by atoms with Crippen molar-refractivity contribution in [2.75, 3.05) is 7.05 Å². The Labute approximate surface area is 146 Å². The molecule has 1 amide bonds. The molecule has 5 heteroatoms. The number of halogens is 1. The fourth-order valence-corrected chi connectivity index (χ4v) is 2.32. The predicted molar refractivity (Wildman–Crippen MR) is 100 cm³/mol. The van der Waals surface area contributed by atoms with E-state index < -0.39 is 0 Å². The maximum Gasteiger partial charge on any atom is 0.243 e. The molecule has 0 fully saturated rings. The number of rotatable bonds is 6. The second-order valence-corrected chi connectivity index (χ2v) is 5.33. The standard InChI is InChI=1S/C20H20FN3O/c1-3-20(25)24-13-16-5-4-15(14-6-8-17(21)9-7-14)12-18(16)19(22)10-11-23-2/h3-12H,1,13,22H2,2H3,(H,24,25)/b19-10-,23-11?. The van der Waals surface area contributed by atoms with Crippen LogP contribution in [0.3, 0.4) is 0 Å². The number of benzene rings is 2. The molecule has 0 radical (unpaired) electrons. The summed E-state index contributed by atoms with van der Waals surface area (Å²) in [6.07, 6.45) is 4.52. The Morgan fingerprint density at radius 2 is 1.92 bits per heavy atom. The van der Waals surface area contributed by atoms with Crippen molar-refractivity contribution in [2.45, 2.75) is 6.54 Å². The zero-order chi connectivity index (χ0) is 18.2. The van der Waals surface area contributed by atoms with E-state index in [1.807, 2.05) is 18.2 Å². The van der Waals surface area contributed by atoms with Crippen molar-refractivity contribution in [1.82, 2.24) is 5.32 Å². The number of aliphatic imine (C=N–C) groups is 1. The first-order valence-corrected chi connectivity index (χ1v) is 7.72. The first kappa shape index (κ1) is 18.1. The van der Waals surface area contributed by atoms with Crippen molar-refractivity contribution in [3.05, 3.63) is 78.1 Å². The van der Waals surface area contributed by atoms with Crippen molar-refractivity contribution < 1.29 is 9.18 Å². The van der Waals surface area contributed by atoms with Crippen molar-refractivity contribution >= 4 is 17.8 Å². The van der Waals surface area contributed by atoms with Crippen LogP contribution < -0.4 is 11.1 Å². The lowest BCUT2D eigenvalue weighted by atomic mass is 9.97. The Hall–Kier alpha value is -3.21. The molecular weight excluding hydrogens is 317 g/mol. The van der Waals surface area contributed by atoms with Gasteiger partial charge in [-0.05, 0) is 47.0 Å². The zero-order valence-corrected chi connectivity index (χ0v) is 14.0. The average molecular weight is 337 g/mol. The van der Waals surface area contributed by atoms with E-state index in [1.165, 1.54) is 18.2 Å². The van der Waals surface area contributed by atoms with E-state index in [4.69, 9.17) is 5.73 Å². The van der Waals surface area contributed by atoms with Crippen LogP contribution in [0.2, 0.25) is 0 Å². The second kappa shape index (κ2) is 8.59. The molecule has 0 aliphatic rings. The molecule has 0 aliphatic carbocycles. The minimum Gasteiger partial charge on any atom is -0.398 e. The van der Waals surface area contributed by atoms with Crippen molar-refractivity contribution in [3.63, 3.8) is 0 Å². The van der Waals surface area contributed by atoms with E-state index in [-0.39, 0.29) is 11.7 Å². The van der Waals surface area contributed by atoms with Crippen LogP contribution in [0.4, 0.5) is 4.39 Å². The highest BCUT2D eigenvalue weighted by Gasteiger charge is 2.09. The van der Waals surface area contributed by atoms with Crippen LogP contribution in [0.5, 0.6) is 0 Å². The number of nitrogens with one attached hydrogen (secondary N) is 1. The summed E-state index contributed by atoms with van der Waals surface area (Å²) in [6.45, 7) is 3.76. The maximum absolute atomic E-state index is 13.1. The highest BCUT2D eigenvalue weighted by Crippen LogP contribution is 2.25. The first-order chi connectivity index (χ1) is 12.0. The molecule has 0 heterocycles. The summed E-state index contributed by atoms with van der Waals surface area (Å²) in [5.74, 6) is -0.544. The number of carbonyl (C=O) groups is 1. The summed E-state index contributed by atoms with van der Waals surface area (Å²) in [4.78, 5) is 15.3. The molecule has 128 valence electrons. The molecule has 4 nitrogen and oxygen atoms in total. The third kappa shape index (κ3) is 4.88. The topological polar surface area (TPSA) is 67.5 Å². The van der Waals surface area contributed by atoms with Crippen LogP contribution in [0.1, 0.15) is 11.1 Å². The zero-order valence-electron chi connectivity index (χ0n) is 14.0. The van der Waals surface area contributed by atoms with Crippen LogP contribution in [0, 0.1) is 5.82 Å². The van der Waals surface area contributed by atoms with Gasteiger partial charge in [-0.2, -0.15) is 0 Å². The summed E-state index contributed by atoms with van der Waals surface area (Å²) in [5.41, 5.74) is 10.1. The van der Waals surface area contributed by atoms with Gasteiger partial charge in [0.1, 0.15) is 5.82 Å². The Bertz CT molecular complexity index is 823. The highest BCUT2D eigenvalue weighted by atomic mass is 19.1.